The lowest BCUT2D eigenvalue weighted by Crippen LogP contribution is -2.50. The van der Waals surface area contributed by atoms with Crippen molar-refractivity contribution in [2.75, 3.05) is 31.5 Å². The third-order valence-corrected chi connectivity index (χ3v) is 5.01. The number of carbonyl (C=O) groups excluding carboxylic acids is 2. The van der Waals surface area contributed by atoms with Gasteiger partial charge in [-0.1, -0.05) is 6.07 Å². The maximum absolute atomic E-state index is 12.0. The van der Waals surface area contributed by atoms with E-state index in [0.717, 1.165) is 12.2 Å². The van der Waals surface area contributed by atoms with E-state index < -0.39 is 23.9 Å². The van der Waals surface area contributed by atoms with E-state index in [2.05, 4.69) is 10.3 Å². The van der Waals surface area contributed by atoms with Crippen LogP contribution in [0.1, 0.15) is 18.5 Å². The molecule has 1 aromatic carbocycles. The van der Waals surface area contributed by atoms with Gasteiger partial charge in [0.25, 0.3) is 0 Å². The van der Waals surface area contributed by atoms with Gasteiger partial charge in [0.1, 0.15) is 6.04 Å². The minimum atomic E-state index is -1.22. The van der Waals surface area contributed by atoms with Crippen LogP contribution in [0, 0.1) is 0 Å². The van der Waals surface area contributed by atoms with E-state index in [0.29, 0.717) is 48.3 Å². The van der Waals surface area contributed by atoms with Gasteiger partial charge < -0.3 is 25.4 Å². The summed E-state index contributed by atoms with van der Waals surface area (Å²) in [4.78, 5) is 52.4. The predicted octanol–water partition coefficient (Wildman–Crippen LogP) is 1.04. The molecule has 1 aliphatic rings. The van der Waals surface area contributed by atoms with Gasteiger partial charge in [-0.3, -0.25) is 19.3 Å². The first-order valence-electron chi connectivity index (χ1n) is 9.31. The Labute approximate surface area is 171 Å². The fraction of sp³-hybridized carbons (Fsp3) is 0.300. The van der Waals surface area contributed by atoms with Gasteiger partial charge in [-0.15, -0.1) is 0 Å². The van der Waals surface area contributed by atoms with Crippen molar-refractivity contribution in [3.05, 3.63) is 42.1 Å². The van der Waals surface area contributed by atoms with E-state index in [1.165, 1.54) is 6.92 Å². The molecule has 1 fully saturated rings. The quantitative estimate of drug-likeness (QED) is 0.517. The maximum atomic E-state index is 12.0. The molecule has 0 unspecified atom stereocenters. The predicted molar refractivity (Wildman–Crippen MR) is 108 cm³/mol. The summed E-state index contributed by atoms with van der Waals surface area (Å²) in [5, 5.41) is 21.7. The molecule has 10 heteroatoms. The highest BCUT2D eigenvalue weighted by Gasteiger charge is 2.32. The monoisotopic (exact) mass is 414 g/mol. The number of amides is 2. The third-order valence-electron chi connectivity index (χ3n) is 5.01. The Morgan fingerprint density at radius 2 is 1.80 bits per heavy atom. The molecule has 1 atom stereocenters. The summed E-state index contributed by atoms with van der Waals surface area (Å²) in [6.07, 6.45) is 3.29. The standard InChI is InChI=1S/C20H22N4O6/c1-12(25)23-6-8-24(9-7-23)19(20(29)30)15-11-21-16-10-13(2-3-14(15)16)22-17(26)4-5-18(27)28/h2-5,10-11,19,21H,6-9H2,1H3,(H,22,26)(H,27,28)(H,29,30)/b5-4+/t19-/m1/s1. The topological polar surface area (TPSA) is 143 Å². The Morgan fingerprint density at radius 1 is 1.10 bits per heavy atom. The van der Waals surface area contributed by atoms with Crippen molar-refractivity contribution in [1.29, 1.82) is 0 Å². The van der Waals surface area contributed by atoms with Gasteiger partial charge in [-0.25, -0.2) is 4.79 Å². The van der Waals surface area contributed by atoms with Crippen molar-refractivity contribution in [1.82, 2.24) is 14.8 Å². The number of aromatic nitrogens is 1. The molecule has 0 bridgehead atoms. The van der Waals surface area contributed by atoms with Crippen molar-refractivity contribution in [3.63, 3.8) is 0 Å². The summed E-state index contributed by atoms with van der Waals surface area (Å²) in [7, 11) is 0. The van der Waals surface area contributed by atoms with Crippen LogP contribution in [-0.4, -0.2) is 74.9 Å². The number of carboxylic acid groups (broad SMARTS) is 2. The van der Waals surface area contributed by atoms with Gasteiger partial charge in [0, 0.05) is 73.6 Å². The number of carboxylic acids is 2. The number of fused-ring (bicyclic) bond motifs is 1. The minimum absolute atomic E-state index is 0.0265. The molecule has 2 aromatic rings. The molecule has 2 heterocycles. The first-order valence-corrected chi connectivity index (χ1v) is 9.31. The number of rotatable bonds is 6. The molecule has 2 amide bonds. The zero-order chi connectivity index (χ0) is 21.8. The highest BCUT2D eigenvalue weighted by Crippen LogP contribution is 2.31. The van der Waals surface area contributed by atoms with Crippen LogP contribution in [0.15, 0.2) is 36.5 Å². The summed E-state index contributed by atoms with van der Waals surface area (Å²) in [6, 6.07) is 4.11. The van der Waals surface area contributed by atoms with E-state index in [1.807, 2.05) is 4.90 Å². The van der Waals surface area contributed by atoms with Crippen molar-refractivity contribution in [2.24, 2.45) is 0 Å². The average molecular weight is 414 g/mol. The largest absolute Gasteiger partial charge is 0.480 e. The summed E-state index contributed by atoms with van der Waals surface area (Å²) in [5.41, 5.74) is 1.67. The second-order valence-corrected chi connectivity index (χ2v) is 6.95. The van der Waals surface area contributed by atoms with E-state index in [4.69, 9.17) is 5.11 Å². The van der Waals surface area contributed by atoms with Crippen LogP contribution in [0.3, 0.4) is 0 Å². The fourth-order valence-electron chi connectivity index (χ4n) is 3.56. The average Bonchev–Trinajstić information content (AvgIpc) is 3.09. The van der Waals surface area contributed by atoms with Crippen LogP contribution >= 0.6 is 0 Å². The second kappa shape index (κ2) is 8.78. The third kappa shape index (κ3) is 4.66. The Morgan fingerprint density at radius 3 is 2.40 bits per heavy atom. The van der Waals surface area contributed by atoms with Crippen LogP contribution in [-0.2, 0) is 19.2 Å². The number of piperazine rings is 1. The van der Waals surface area contributed by atoms with Gasteiger partial charge in [-0.05, 0) is 12.1 Å². The van der Waals surface area contributed by atoms with Crippen molar-refractivity contribution in [2.45, 2.75) is 13.0 Å². The van der Waals surface area contributed by atoms with Crippen LogP contribution in [0.2, 0.25) is 0 Å². The lowest BCUT2D eigenvalue weighted by molar-refractivity contribution is -0.145. The van der Waals surface area contributed by atoms with Gasteiger partial charge >= 0.3 is 11.9 Å². The van der Waals surface area contributed by atoms with E-state index >= 15 is 0 Å². The number of aromatic amines is 1. The molecule has 1 aliphatic heterocycles. The Bertz CT molecular complexity index is 1020. The van der Waals surface area contributed by atoms with Crippen LogP contribution in [0.5, 0.6) is 0 Å². The van der Waals surface area contributed by atoms with Crippen LogP contribution in [0.4, 0.5) is 5.69 Å². The zero-order valence-electron chi connectivity index (χ0n) is 16.3. The maximum Gasteiger partial charge on any atom is 0.328 e. The number of aliphatic carboxylic acids is 2. The van der Waals surface area contributed by atoms with E-state index in [1.54, 1.807) is 29.3 Å². The smallest absolute Gasteiger partial charge is 0.328 e. The van der Waals surface area contributed by atoms with Gasteiger partial charge in [0.15, 0.2) is 0 Å². The van der Waals surface area contributed by atoms with Gasteiger partial charge in [0.05, 0.1) is 0 Å². The SMILES string of the molecule is CC(=O)N1CCN([C@@H](C(=O)O)c2c[nH]c3cc(NC(=O)/C=C/C(=O)O)ccc23)CC1. The van der Waals surface area contributed by atoms with Crippen molar-refractivity contribution < 1.29 is 29.4 Å². The molecule has 4 N–H and O–H groups in total. The minimum Gasteiger partial charge on any atom is -0.480 e. The number of anilines is 1. The molecule has 3 rings (SSSR count). The molecule has 0 saturated carbocycles. The number of benzene rings is 1. The Balaban J connectivity index is 1.81. The molecular formula is C20H22N4O6. The van der Waals surface area contributed by atoms with Crippen LogP contribution in [0.25, 0.3) is 10.9 Å². The molecule has 1 aromatic heterocycles. The Hall–Kier alpha value is -3.66. The number of hydrogen-bond acceptors (Lipinski definition) is 5. The number of H-pyrrole nitrogens is 1. The van der Waals surface area contributed by atoms with Crippen LogP contribution < -0.4 is 5.32 Å². The highest BCUT2D eigenvalue weighted by molar-refractivity contribution is 6.03. The number of carbonyl (C=O) groups is 4. The van der Waals surface area contributed by atoms with E-state index in [9.17, 15) is 24.3 Å². The molecular weight excluding hydrogens is 392 g/mol. The van der Waals surface area contributed by atoms with Crippen molar-refractivity contribution >= 4 is 40.3 Å². The number of nitrogens with one attached hydrogen (secondary N) is 2. The lowest BCUT2D eigenvalue weighted by Gasteiger charge is -2.37. The van der Waals surface area contributed by atoms with Gasteiger partial charge in [-0.2, -0.15) is 0 Å². The van der Waals surface area contributed by atoms with E-state index in [-0.39, 0.29) is 5.91 Å². The van der Waals surface area contributed by atoms with Crippen molar-refractivity contribution in [3.8, 4) is 0 Å². The van der Waals surface area contributed by atoms with Gasteiger partial charge in [0.2, 0.25) is 11.8 Å². The number of hydrogen-bond donors (Lipinski definition) is 4. The molecule has 0 radical (unpaired) electrons. The molecule has 1 saturated heterocycles. The lowest BCUT2D eigenvalue weighted by atomic mass is 10.0. The fourth-order valence-corrected chi connectivity index (χ4v) is 3.56. The molecule has 10 nitrogen and oxygen atoms in total. The zero-order valence-corrected chi connectivity index (χ0v) is 16.3. The molecule has 158 valence electrons. The first kappa shape index (κ1) is 21.1. The summed E-state index contributed by atoms with van der Waals surface area (Å²) < 4.78 is 0. The molecule has 30 heavy (non-hydrogen) atoms. The first-order chi connectivity index (χ1) is 14.3. The summed E-state index contributed by atoms with van der Waals surface area (Å²) in [6.45, 7) is 3.35. The second-order valence-electron chi connectivity index (χ2n) is 6.95. The molecule has 0 aliphatic carbocycles. The number of nitrogens with zero attached hydrogens (tertiary/aromatic N) is 2. The normalized spacial score (nSPS) is 16.0. The Kier molecular flexibility index (Phi) is 6.17. The molecule has 0 spiro atoms. The summed E-state index contributed by atoms with van der Waals surface area (Å²) in [5.74, 6) is -2.82. The highest BCUT2D eigenvalue weighted by atomic mass is 16.4. The summed E-state index contributed by atoms with van der Waals surface area (Å²) >= 11 is 0.